The van der Waals surface area contributed by atoms with Crippen LogP contribution in [0.15, 0.2) is 29.1 Å². The minimum absolute atomic E-state index is 0.0227. The predicted octanol–water partition coefficient (Wildman–Crippen LogP) is 3.60. The number of benzene rings is 1. The SMILES string of the molecule is CCOC(=O)c1cc(C(=O)C(C)(C)C)nn(-c2ccc(Cl)cc2C)c1=O. The van der Waals surface area contributed by atoms with Crippen molar-refractivity contribution >= 4 is 23.4 Å². The number of carbonyl (C=O) groups is 2. The Hall–Kier alpha value is -2.47. The second-order valence-electron chi connectivity index (χ2n) is 6.89. The number of halogens is 1. The molecule has 0 radical (unpaired) electrons. The molecular formula is C19H21ClN2O4. The number of aromatic nitrogens is 2. The summed E-state index contributed by atoms with van der Waals surface area (Å²) in [5, 5.41) is 4.71. The Morgan fingerprint density at radius 3 is 2.42 bits per heavy atom. The van der Waals surface area contributed by atoms with Gasteiger partial charge in [0, 0.05) is 10.4 Å². The number of rotatable bonds is 4. The van der Waals surface area contributed by atoms with Crippen LogP contribution in [-0.4, -0.2) is 28.1 Å². The van der Waals surface area contributed by atoms with Gasteiger partial charge in [0.2, 0.25) is 0 Å². The monoisotopic (exact) mass is 376 g/mol. The van der Waals surface area contributed by atoms with Gasteiger partial charge in [0.1, 0.15) is 11.3 Å². The van der Waals surface area contributed by atoms with E-state index in [0.29, 0.717) is 16.3 Å². The van der Waals surface area contributed by atoms with Crippen LogP contribution in [0.4, 0.5) is 0 Å². The van der Waals surface area contributed by atoms with Crippen molar-refractivity contribution in [2.24, 2.45) is 5.41 Å². The van der Waals surface area contributed by atoms with E-state index < -0.39 is 16.9 Å². The summed E-state index contributed by atoms with van der Waals surface area (Å²) in [5.74, 6) is -1.08. The smallest absolute Gasteiger partial charge is 0.343 e. The van der Waals surface area contributed by atoms with Gasteiger partial charge in [0.15, 0.2) is 5.78 Å². The molecule has 0 spiro atoms. The first-order chi connectivity index (χ1) is 12.1. The van der Waals surface area contributed by atoms with Gasteiger partial charge in [-0.3, -0.25) is 9.59 Å². The van der Waals surface area contributed by atoms with Crippen LogP contribution in [-0.2, 0) is 4.74 Å². The third-order valence-electron chi connectivity index (χ3n) is 3.71. The first kappa shape index (κ1) is 19.8. The van der Waals surface area contributed by atoms with E-state index in [1.54, 1.807) is 52.8 Å². The number of aryl methyl sites for hydroxylation is 1. The molecule has 0 aliphatic carbocycles. The highest BCUT2D eigenvalue weighted by Gasteiger charge is 2.28. The van der Waals surface area contributed by atoms with Crippen LogP contribution in [0.5, 0.6) is 0 Å². The molecule has 1 heterocycles. The van der Waals surface area contributed by atoms with Gasteiger partial charge in [-0.05, 0) is 43.7 Å². The number of ketones is 1. The van der Waals surface area contributed by atoms with Crippen molar-refractivity contribution in [1.82, 2.24) is 9.78 Å². The van der Waals surface area contributed by atoms with Crippen LogP contribution < -0.4 is 5.56 Å². The van der Waals surface area contributed by atoms with E-state index >= 15 is 0 Å². The number of esters is 1. The van der Waals surface area contributed by atoms with Gasteiger partial charge < -0.3 is 4.74 Å². The number of ether oxygens (including phenoxy) is 1. The zero-order valence-corrected chi connectivity index (χ0v) is 16.2. The summed E-state index contributed by atoms with van der Waals surface area (Å²) in [6.45, 7) is 8.74. The average Bonchev–Trinajstić information content (AvgIpc) is 2.54. The van der Waals surface area contributed by atoms with Crippen molar-refractivity contribution in [3.05, 3.63) is 56.5 Å². The van der Waals surface area contributed by atoms with E-state index in [9.17, 15) is 14.4 Å². The Bertz CT molecular complexity index is 926. The molecule has 0 aliphatic heterocycles. The number of hydrogen-bond acceptors (Lipinski definition) is 5. The van der Waals surface area contributed by atoms with E-state index in [0.717, 1.165) is 4.68 Å². The van der Waals surface area contributed by atoms with Crippen molar-refractivity contribution in [2.45, 2.75) is 34.6 Å². The Labute approximate surface area is 156 Å². The van der Waals surface area contributed by atoms with Gasteiger partial charge in [0.25, 0.3) is 5.56 Å². The maximum Gasteiger partial charge on any atom is 0.343 e. The van der Waals surface area contributed by atoms with Crippen LogP contribution in [0.2, 0.25) is 5.02 Å². The maximum absolute atomic E-state index is 12.8. The minimum Gasteiger partial charge on any atom is -0.462 e. The number of nitrogens with zero attached hydrogens (tertiary/aromatic N) is 2. The number of Topliss-reactive ketones (excluding diaryl/α,β-unsaturated/α-hetero) is 1. The molecule has 2 rings (SSSR count). The minimum atomic E-state index is -0.789. The fourth-order valence-electron chi connectivity index (χ4n) is 2.36. The Morgan fingerprint density at radius 1 is 1.23 bits per heavy atom. The van der Waals surface area contributed by atoms with Crippen LogP contribution in [0, 0.1) is 12.3 Å². The molecule has 0 N–H and O–H groups in total. The van der Waals surface area contributed by atoms with E-state index in [2.05, 4.69) is 5.10 Å². The molecule has 0 atom stereocenters. The Morgan fingerprint density at radius 2 is 1.88 bits per heavy atom. The van der Waals surface area contributed by atoms with Crippen molar-refractivity contribution in [1.29, 1.82) is 0 Å². The van der Waals surface area contributed by atoms with E-state index in [4.69, 9.17) is 16.3 Å². The fraction of sp³-hybridized carbons (Fsp3) is 0.368. The lowest BCUT2D eigenvalue weighted by Crippen LogP contribution is -2.32. The standard InChI is InChI=1S/C19H21ClN2O4/c1-6-26-18(25)13-10-14(16(23)19(3,4)5)21-22(17(13)24)15-8-7-12(20)9-11(15)2/h7-10H,6H2,1-5H3. The van der Waals surface area contributed by atoms with Gasteiger partial charge >= 0.3 is 5.97 Å². The summed E-state index contributed by atoms with van der Waals surface area (Å²) in [7, 11) is 0. The molecule has 0 saturated heterocycles. The first-order valence-electron chi connectivity index (χ1n) is 8.19. The summed E-state index contributed by atoms with van der Waals surface area (Å²) in [4.78, 5) is 37.7. The lowest BCUT2D eigenvalue weighted by atomic mass is 9.88. The second-order valence-corrected chi connectivity index (χ2v) is 7.33. The van der Waals surface area contributed by atoms with Gasteiger partial charge in [-0.15, -0.1) is 0 Å². The summed E-state index contributed by atoms with van der Waals surface area (Å²) >= 11 is 5.97. The molecule has 1 aromatic heterocycles. The topological polar surface area (TPSA) is 78.3 Å². The highest BCUT2D eigenvalue weighted by molar-refractivity contribution is 6.30. The molecule has 0 saturated carbocycles. The summed E-state index contributed by atoms with van der Waals surface area (Å²) < 4.78 is 6.01. The van der Waals surface area contributed by atoms with E-state index in [1.807, 2.05) is 0 Å². The fourth-order valence-corrected chi connectivity index (χ4v) is 2.59. The van der Waals surface area contributed by atoms with Crippen molar-refractivity contribution in [2.75, 3.05) is 6.61 Å². The zero-order valence-electron chi connectivity index (χ0n) is 15.4. The highest BCUT2D eigenvalue weighted by atomic mass is 35.5. The third kappa shape index (κ3) is 4.02. The molecule has 6 nitrogen and oxygen atoms in total. The quantitative estimate of drug-likeness (QED) is 0.601. The number of carbonyl (C=O) groups excluding carboxylic acids is 2. The second kappa shape index (κ2) is 7.41. The van der Waals surface area contributed by atoms with E-state index in [-0.39, 0.29) is 23.6 Å². The van der Waals surface area contributed by atoms with Gasteiger partial charge in [-0.2, -0.15) is 9.78 Å². The lowest BCUT2D eigenvalue weighted by molar-refractivity contribution is 0.0523. The Balaban J connectivity index is 2.78. The lowest BCUT2D eigenvalue weighted by Gasteiger charge is -2.18. The molecule has 0 fully saturated rings. The molecule has 0 aliphatic rings. The third-order valence-corrected chi connectivity index (χ3v) is 3.94. The highest BCUT2D eigenvalue weighted by Crippen LogP contribution is 2.21. The predicted molar refractivity (Wildman–Crippen MR) is 99.3 cm³/mol. The summed E-state index contributed by atoms with van der Waals surface area (Å²) in [6, 6.07) is 6.11. The molecule has 0 bridgehead atoms. The summed E-state index contributed by atoms with van der Waals surface area (Å²) in [5.41, 5.74) is -0.468. The summed E-state index contributed by atoms with van der Waals surface area (Å²) in [6.07, 6.45) is 0. The van der Waals surface area contributed by atoms with Crippen LogP contribution in [0.3, 0.4) is 0 Å². The largest absolute Gasteiger partial charge is 0.462 e. The van der Waals surface area contributed by atoms with Crippen molar-refractivity contribution in [3.8, 4) is 5.69 Å². The molecule has 1 aromatic carbocycles. The Kier molecular flexibility index (Phi) is 5.66. The van der Waals surface area contributed by atoms with Gasteiger partial charge in [-0.1, -0.05) is 32.4 Å². The normalized spacial score (nSPS) is 11.3. The molecule has 0 amide bonds. The zero-order chi connectivity index (χ0) is 19.6. The maximum atomic E-state index is 12.8. The molecule has 7 heteroatoms. The molecule has 26 heavy (non-hydrogen) atoms. The van der Waals surface area contributed by atoms with Gasteiger partial charge in [-0.25, -0.2) is 4.79 Å². The van der Waals surface area contributed by atoms with Crippen LogP contribution in [0.25, 0.3) is 5.69 Å². The molecule has 0 unspecified atom stereocenters. The first-order valence-corrected chi connectivity index (χ1v) is 8.57. The van der Waals surface area contributed by atoms with Crippen molar-refractivity contribution < 1.29 is 14.3 Å². The molecular weight excluding hydrogens is 356 g/mol. The van der Waals surface area contributed by atoms with Gasteiger partial charge in [0.05, 0.1) is 12.3 Å². The van der Waals surface area contributed by atoms with Crippen LogP contribution in [0.1, 0.15) is 54.1 Å². The van der Waals surface area contributed by atoms with E-state index in [1.165, 1.54) is 6.07 Å². The average molecular weight is 377 g/mol. The molecule has 138 valence electrons. The molecule has 2 aromatic rings. The van der Waals surface area contributed by atoms with Crippen molar-refractivity contribution in [3.63, 3.8) is 0 Å². The van der Waals surface area contributed by atoms with Crippen LogP contribution >= 0.6 is 11.6 Å². The number of hydrogen-bond donors (Lipinski definition) is 0.